The second-order valence-corrected chi connectivity index (χ2v) is 7.85. The minimum absolute atomic E-state index is 0.00217. The summed E-state index contributed by atoms with van der Waals surface area (Å²) in [6.07, 6.45) is 6.61. The van der Waals surface area contributed by atoms with Gasteiger partial charge in [0.1, 0.15) is 0 Å². The van der Waals surface area contributed by atoms with E-state index in [1.165, 1.54) is 0 Å². The molecule has 0 fully saturated rings. The monoisotopic (exact) mass is 480 g/mol. The van der Waals surface area contributed by atoms with Crippen LogP contribution in [-0.4, -0.2) is 19.0 Å². The van der Waals surface area contributed by atoms with Crippen LogP contribution in [0, 0.1) is 3.57 Å². The van der Waals surface area contributed by atoms with E-state index >= 15 is 0 Å². The van der Waals surface area contributed by atoms with Crippen molar-refractivity contribution in [1.29, 1.82) is 0 Å². The second-order valence-electron chi connectivity index (χ2n) is 6.61. The van der Waals surface area contributed by atoms with Gasteiger partial charge in [0.05, 0.1) is 13.2 Å². The van der Waals surface area contributed by atoms with Gasteiger partial charge >= 0.3 is 0 Å². The molecule has 0 radical (unpaired) electrons. The summed E-state index contributed by atoms with van der Waals surface area (Å²) in [5.41, 5.74) is 1.31. The number of ether oxygens (including phenoxy) is 2. The Kier molecular flexibility index (Phi) is 9.67. The molecule has 2 aromatic rings. The molecule has 0 saturated carbocycles. The Bertz CT molecular complexity index is 710. The first kappa shape index (κ1) is 21.7. The number of hydrogen-bond donors (Lipinski definition) is 0. The Hall–Kier alpha value is -1.56. The Morgan fingerprint density at radius 1 is 0.778 bits per heavy atom. The Morgan fingerprint density at radius 2 is 1.33 bits per heavy atom. The molecule has 0 aliphatic carbocycles. The van der Waals surface area contributed by atoms with Crippen LogP contribution in [0.5, 0.6) is 11.5 Å². The van der Waals surface area contributed by atoms with E-state index in [0.29, 0.717) is 30.1 Å². The third kappa shape index (κ3) is 7.17. The fraction of sp³-hybridized carbons (Fsp3) is 0.435. The minimum Gasteiger partial charge on any atom is -0.490 e. The van der Waals surface area contributed by atoms with Crippen LogP contribution in [0.15, 0.2) is 42.5 Å². The van der Waals surface area contributed by atoms with Gasteiger partial charge in [-0.2, -0.15) is 0 Å². The molecule has 2 rings (SSSR count). The average molecular weight is 480 g/mol. The zero-order valence-corrected chi connectivity index (χ0v) is 18.5. The lowest BCUT2D eigenvalue weighted by molar-refractivity contribution is 0.103. The summed E-state index contributed by atoms with van der Waals surface area (Å²) in [7, 11) is 0. The number of benzene rings is 2. The van der Waals surface area contributed by atoms with Crippen molar-refractivity contribution in [3.05, 3.63) is 57.2 Å². The first-order valence-corrected chi connectivity index (χ1v) is 10.9. The summed E-state index contributed by atoms with van der Waals surface area (Å²) in [6, 6.07) is 13.1. The fourth-order valence-electron chi connectivity index (χ4n) is 2.72. The van der Waals surface area contributed by atoms with Crippen molar-refractivity contribution in [3.8, 4) is 11.5 Å². The van der Waals surface area contributed by atoms with Crippen LogP contribution in [0.2, 0.25) is 0 Å². The standard InChI is InChI=1S/C23H29IO3/c1-3-5-7-15-26-21-14-11-19(17-22(21)27-16-8-6-4-2)23(25)18-9-12-20(24)13-10-18/h9-14,17H,3-8,15-16H2,1-2H3. The Balaban J connectivity index is 2.15. The van der Waals surface area contributed by atoms with Gasteiger partial charge in [-0.1, -0.05) is 39.5 Å². The average Bonchev–Trinajstić information content (AvgIpc) is 2.69. The van der Waals surface area contributed by atoms with Gasteiger partial charge in [-0.05, 0) is 77.9 Å². The SMILES string of the molecule is CCCCCOc1ccc(C(=O)c2ccc(I)cc2)cc1OCCCCC. The van der Waals surface area contributed by atoms with Crippen molar-refractivity contribution in [3.63, 3.8) is 0 Å². The van der Waals surface area contributed by atoms with E-state index in [1.54, 1.807) is 0 Å². The molecule has 146 valence electrons. The van der Waals surface area contributed by atoms with Crippen LogP contribution in [0.4, 0.5) is 0 Å². The van der Waals surface area contributed by atoms with Crippen molar-refractivity contribution < 1.29 is 14.3 Å². The van der Waals surface area contributed by atoms with Crippen LogP contribution in [0.25, 0.3) is 0 Å². The molecule has 0 aliphatic rings. The zero-order valence-electron chi connectivity index (χ0n) is 16.3. The first-order chi connectivity index (χ1) is 13.2. The van der Waals surface area contributed by atoms with Crippen LogP contribution in [0.3, 0.4) is 0 Å². The summed E-state index contributed by atoms with van der Waals surface area (Å²) in [6.45, 7) is 5.65. The number of halogens is 1. The molecule has 0 aliphatic heterocycles. The van der Waals surface area contributed by atoms with E-state index in [-0.39, 0.29) is 5.78 Å². The van der Waals surface area contributed by atoms with Crippen LogP contribution in [-0.2, 0) is 0 Å². The topological polar surface area (TPSA) is 35.5 Å². The summed E-state index contributed by atoms with van der Waals surface area (Å²) in [4.78, 5) is 12.8. The normalized spacial score (nSPS) is 10.6. The van der Waals surface area contributed by atoms with Gasteiger partial charge in [0.2, 0.25) is 0 Å². The number of hydrogen-bond acceptors (Lipinski definition) is 3. The number of rotatable bonds is 12. The third-order valence-electron chi connectivity index (χ3n) is 4.32. The van der Waals surface area contributed by atoms with Gasteiger partial charge in [0, 0.05) is 14.7 Å². The van der Waals surface area contributed by atoms with Gasteiger partial charge in [0.25, 0.3) is 0 Å². The first-order valence-electron chi connectivity index (χ1n) is 9.85. The van der Waals surface area contributed by atoms with Crippen molar-refractivity contribution in [2.45, 2.75) is 52.4 Å². The lowest BCUT2D eigenvalue weighted by Gasteiger charge is -2.14. The van der Waals surface area contributed by atoms with E-state index < -0.39 is 0 Å². The highest BCUT2D eigenvalue weighted by atomic mass is 127. The van der Waals surface area contributed by atoms with Gasteiger partial charge in [-0.15, -0.1) is 0 Å². The smallest absolute Gasteiger partial charge is 0.193 e. The maximum Gasteiger partial charge on any atom is 0.193 e. The molecule has 27 heavy (non-hydrogen) atoms. The number of carbonyl (C=O) groups excluding carboxylic acids is 1. The molecule has 0 saturated heterocycles. The van der Waals surface area contributed by atoms with Crippen LogP contribution in [0.1, 0.15) is 68.3 Å². The molecular formula is C23H29IO3. The second kappa shape index (κ2) is 12.0. The quantitative estimate of drug-likeness (QED) is 0.194. The Morgan fingerprint density at radius 3 is 1.93 bits per heavy atom. The zero-order chi connectivity index (χ0) is 19.5. The van der Waals surface area contributed by atoms with Crippen molar-refractivity contribution in [1.82, 2.24) is 0 Å². The number of carbonyl (C=O) groups is 1. The summed E-state index contributed by atoms with van der Waals surface area (Å²) >= 11 is 2.24. The van der Waals surface area contributed by atoms with E-state index in [2.05, 4.69) is 36.4 Å². The minimum atomic E-state index is 0.00217. The molecule has 3 nitrogen and oxygen atoms in total. The van der Waals surface area contributed by atoms with E-state index in [0.717, 1.165) is 47.8 Å². The van der Waals surface area contributed by atoms with E-state index in [9.17, 15) is 4.79 Å². The maximum absolute atomic E-state index is 12.8. The van der Waals surface area contributed by atoms with Crippen molar-refractivity contribution in [2.24, 2.45) is 0 Å². The third-order valence-corrected chi connectivity index (χ3v) is 5.04. The molecule has 0 aromatic heterocycles. The van der Waals surface area contributed by atoms with Crippen LogP contribution >= 0.6 is 22.6 Å². The Labute approximate surface area is 176 Å². The molecule has 0 N–H and O–H groups in total. The summed E-state index contributed by atoms with van der Waals surface area (Å²) in [5, 5.41) is 0. The predicted molar refractivity (Wildman–Crippen MR) is 119 cm³/mol. The summed E-state index contributed by atoms with van der Waals surface area (Å²) < 4.78 is 13.0. The molecular weight excluding hydrogens is 451 g/mol. The summed E-state index contributed by atoms with van der Waals surface area (Å²) in [5.74, 6) is 1.39. The van der Waals surface area contributed by atoms with E-state index in [1.807, 2.05) is 42.5 Å². The number of unbranched alkanes of at least 4 members (excludes halogenated alkanes) is 4. The molecule has 0 unspecified atom stereocenters. The van der Waals surface area contributed by atoms with Gasteiger partial charge in [-0.3, -0.25) is 4.79 Å². The molecule has 0 amide bonds. The number of ketones is 1. The highest BCUT2D eigenvalue weighted by molar-refractivity contribution is 14.1. The molecule has 0 atom stereocenters. The lowest BCUT2D eigenvalue weighted by Crippen LogP contribution is -2.06. The van der Waals surface area contributed by atoms with E-state index in [4.69, 9.17) is 9.47 Å². The maximum atomic E-state index is 12.8. The molecule has 2 aromatic carbocycles. The largest absolute Gasteiger partial charge is 0.490 e. The van der Waals surface area contributed by atoms with Crippen molar-refractivity contribution in [2.75, 3.05) is 13.2 Å². The lowest BCUT2D eigenvalue weighted by atomic mass is 10.0. The molecule has 0 bridgehead atoms. The van der Waals surface area contributed by atoms with Gasteiger partial charge < -0.3 is 9.47 Å². The van der Waals surface area contributed by atoms with Gasteiger partial charge in [-0.25, -0.2) is 0 Å². The highest BCUT2D eigenvalue weighted by Gasteiger charge is 2.14. The predicted octanol–water partition coefficient (Wildman–Crippen LogP) is 6.66. The fourth-order valence-corrected chi connectivity index (χ4v) is 3.08. The van der Waals surface area contributed by atoms with Crippen molar-refractivity contribution >= 4 is 28.4 Å². The molecule has 0 spiro atoms. The highest BCUT2D eigenvalue weighted by Crippen LogP contribution is 2.30. The molecule has 4 heteroatoms. The van der Waals surface area contributed by atoms with Crippen LogP contribution < -0.4 is 9.47 Å². The van der Waals surface area contributed by atoms with Gasteiger partial charge in [0.15, 0.2) is 17.3 Å². The molecule has 0 heterocycles.